The molecule has 0 heterocycles. The van der Waals surface area contributed by atoms with E-state index in [1.165, 1.54) is 26.2 Å². The Balaban J connectivity index is 3.32. The first-order valence-electron chi connectivity index (χ1n) is 4.74. The number of carbonyl (C=O) groups is 2. The Morgan fingerprint density at radius 1 is 1.18 bits per heavy atom. The number of nitrogens with one attached hydrogen (secondary N) is 2. The van der Waals surface area contributed by atoms with E-state index < -0.39 is 22.4 Å². The number of carbonyl (C=O) groups excluding carboxylic acids is 2. The molecule has 0 saturated carbocycles. The number of nitro benzene ring substituents is 1. The first-order valence-corrected chi connectivity index (χ1v) is 4.74. The largest absolute Gasteiger partial charge is 0.355 e. The van der Waals surface area contributed by atoms with Crippen LogP contribution in [-0.4, -0.2) is 30.8 Å². The SMILES string of the molecule is CNC(=O)c1ccc(C(=O)NC)c([N+](=O)[O-])c1. The number of hydrogen-bond acceptors (Lipinski definition) is 4. The van der Waals surface area contributed by atoms with Gasteiger partial charge in [0.25, 0.3) is 17.5 Å². The van der Waals surface area contributed by atoms with Crippen molar-refractivity contribution in [3.63, 3.8) is 0 Å². The van der Waals surface area contributed by atoms with Gasteiger partial charge < -0.3 is 10.6 Å². The van der Waals surface area contributed by atoms with Crippen molar-refractivity contribution in [2.45, 2.75) is 0 Å². The molecule has 0 bridgehead atoms. The number of rotatable bonds is 3. The highest BCUT2D eigenvalue weighted by Gasteiger charge is 2.21. The van der Waals surface area contributed by atoms with Crippen LogP contribution >= 0.6 is 0 Å². The van der Waals surface area contributed by atoms with Crippen LogP contribution in [0.15, 0.2) is 18.2 Å². The number of nitrogens with zero attached hydrogens (tertiary/aromatic N) is 1. The quantitative estimate of drug-likeness (QED) is 0.583. The van der Waals surface area contributed by atoms with E-state index in [2.05, 4.69) is 10.6 Å². The van der Waals surface area contributed by atoms with E-state index in [0.29, 0.717) is 0 Å². The fourth-order valence-corrected chi connectivity index (χ4v) is 1.29. The Kier molecular flexibility index (Phi) is 3.76. The lowest BCUT2D eigenvalue weighted by molar-refractivity contribution is -0.385. The van der Waals surface area contributed by atoms with Crippen LogP contribution in [0.4, 0.5) is 5.69 Å². The average molecular weight is 237 g/mol. The molecule has 1 aromatic carbocycles. The lowest BCUT2D eigenvalue weighted by Gasteiger charge is -2.04. The van der Waals surface area contributed by atoms with Crippen LogP contribution in [0.3, 0.4) is 0 Å². The van der Waals surface area contributed by atoms with Crippen molar-refractivity contribution in [1.29, 1.82) is 0 Å². The Hall–Kier alpha value is -2.44. The van der Waals surface area contributed by atoms with Gasteiger partial charge in [0.05, 0.1) is 4.92 Å². The minimum absolute atomic E-state index is 0.0786. The summed E-state index contributed by atoms with van der Waals surface area (Å²) in [5.41, 5.74) is -0.345. The maximum Gasteiger partial charge on any atom is 0.282 e. The summed E-state index contributed by atoms with van der Waals surface area (Å²) in [6.07, 6.45) is 0. The lowest BCUT2D eigenvalue weighted by Crippen LogP contribution is -2.21. The van der Waals surface area contributed by atoms with Gasteiger partial charge in [0.2, 0.25) is 0 Å². The van der Waals surface area contributed by atoms with Gasteiger partial charge >= 0.3 is 0 Å². The van der Waals surface area contributed by atoms with Gasteiger partial charge in [0.1, 0.15) is 5.56 Å². The molecule has 7 heteroatoms. The second-order valence-electron chi connectivity index (χ2n) is 3.15. The number of hydrogen-bond donors (Lipinski definition) is 2. The van der Waals surface area contributed by atoms with Gasteiger partial charge in [0.15, 0.2) is 0 Å². The molecule has 0 fully saturated rings. The molecule has 2 N–H and O–H groups in total. The van der Waals surface area contributed by atoms with Crippen molar-refractivity contribution in [2.24, 2.45) is 0 Å². The molecule has 0 radical (unpaired) electrons. The average Bonchev–Trinajstić information content (AvgIpc) is 2.35. The lowest BCUT2D eigenvalue weighted by atomic mass is 10.1. The number of nitro groups is 1. The van der Waals surface area contributed by atoms with Gasteiger partial charge in [-0.05, 0) is 12.1 Å². The van der Waals surface area contributed by atoms with Gasteiger partial charge in [-0.1, -0.05) is 0 Å². The second kappa shape index (κ2) is 5.06. The van der Waals surface area contributed by atoms with Gasteiger partial charge in [-0.25, -0.2) is 0 Å². The molecule has 1 rings (SSSR count). The molecule has 0 aliphatic heterocycles. The number of amides is 2. The fraction of sp³-hybridized carbons (Fsp3) is 0.200. The minimum atomic E-state index is -0.697. The zero-order valence-electron chi connectivity index (χ0n) is 9.31. The minimum Gasteiger partial charge on any atom is -0.355 e. The van der Waals surface area contributed by atoms with Crippen molar-refractivity contribution >= 4 is 17.5 Å². The molecule has 0 atom stereocenters. The Bertz CT molecular complexity index is 484. The first kappa shape index (κ1) is 12.6. The second-order valence-corrected chi connectivity index (χ2v) is 3.15. The smallest absolute Gasteiger partial charge is 0.282 e. The highest BCUT2D eigenvalue weighted by Crippen LogP contribution is 2.20. The van der Waals surface area contributed by atoms with Crippen molar-refractivity contribution < 1.29 is 14.5 Å². The predicted octanol–water partition coefficient (Wildman–Crippen LogP) is 0.314. The summed E-state index contributed by atoms with van der Waals surface area (Å²) in [4.78, 5) is 32.8. The van der Waals surface area contributed by atoms with E-state index >= 15 is 0 Å². The maximum atomic E-state index is 11.4. The number of benzene rings is 1. The third-order valence-corrected chi connectivity index (χ3v) is 2.16. The van der Waals surface area contributed by atoms with Crippen LogP contribution in [0.2, 0.25) is 0 Å². The molecule has 0 aromatic heterocycles. The summed E-state index contributed by atoms with van der Waals surface area (Å²) in [5.74, 6) is -1.02. The van der Waals surface area contributed by atoms with E-state index in [9.17, 15) is 19.7 Å². The van der Waals surface area contributed by atoms with Crippen LogP contribution in [-0.2, 0) is 0 Å². The van der Waals surface area contributed by atoms with Gasteiger partial charge in [0, 0.05) is 25.7 Å². The van der Waals surface area contributed by atoms with Crippen molar-refractivity contribution in [3.05, 3.63) is 39.4 Å². The predicted molar refractivity (Wildman–Crippen MR) is 59.9 cm³/mol. The zero-order valence-corrected chi connectivity index (χ0v) is 9.31. The van der Waals surface area contributed by atoms with Crippen LogP contribution in [0.5, 0.6) is 0 Å². The zero-order chi connectivity index (χ0) is 13.0. The van der Waals surface area contributed by atoms with Crippen LogP contribution < -0.4 is 10.6 Å². The van der Waals surface area contributed by atoms with Crippen molar-refractivity contribution in [2.75, 3.05) is 14.1 Å². The molecular weight excluding hydrogens is 226 g/mol. The van der Waals surface area contributed by atoms with E-state index in [-0.39, 0.29) is 11.1 Å². The molecule has 7 nitrogen and oxygen atoms in total. The summed E-state index contributed by atoms with van der Waals surface area (Å²) in [5, 5.41) is 15.4. The van der Waals surface area contributed by atoms with E-state index in [1.807, 2.05) is 0 Å². The molecule has 0 spiro atoms. The highest BCUT2D eigenvalue weighted by molar-refractivity contribution is 6.01. The molecular formula is C10H11N3O4. The molecule has 90 valence electrons. The van der Waals surface area contributed by atoms with Crippen LogP contribution in [0.1, 0.15) is 20.7 Å². The van der Waals surface area contributed by atoms with Crippen molar-refractivity contribution in [3.8, 4) is 0 Å². The summed E-state index contributed by atoms with van der Waals surface area (Å²) in [7, 11) is 2.79. The third-order valence-electron chi connectivity index (χ3n) is 2.16. The van der Waals surface area contributed by atoms with Crippen LogP contribution in [0, 0.1) is 10.1 Å². The van der Waals surface area contributed by atoms with Gasteiger partial charge in [-0.3, -0.25) is 19.7 Å². The molecule has 0 saturated heterocycles. The Morgan fingerprint density at radius 2 is 1.76 bits per heavy atom. The topological polar surface area (TPSA) is 101 Å². The standard InChI is InChI=1S/C10H11N3O4/c1-11-9(14)6-3-4-7(10(15)12-2)8(5-6)13(16)17/h3-5H,1-2H3,(H,11,14)(H,12,15). The third kappa shape index (κ3) is 2.57. The Labute approximate surface area is 97.0 Å². The molecule has 1 aromatic rings. The highest BCUT2D eigenvalue weighted by atomic mass is 16.6. The molecule has 0 aliphatic carbocycles. The summed E-state index contributed by atoms with van der Waals surface area (Å²) in [6.45, 7) is 0. The first-order chi connectivity index (χ1) is 8.01. The fourth-order valence-electron chi connectivity index (χ4n) is 1.29. The van der Waals surface area contributed by atoms with E-state index in [0.717, 1.165) is 6.07 Å². The van der Waals surface area contributed by atoms with E-state index in [1.54, 1.807) is 0 Å². The monoisotopic (exact) mass is 237 g/mol. The van der Waals surface area contributed by atoms with Crippen LogP contribution in [0.25, 0.3) is 0 Å². The normalized spacial score (nSPS) is 9.53. The molecule has 2 amide bonds. The molecule has 0 aliphatic rings. The summed E-state index contributed by atoms with van der Waals surface area (Å²) in [6, 6.07) is 3.68. The van der Waals surface area contributed by atoms with E-state index in [4.69, 9.17) is 0 Å². The molecule has 0 unspecified atom stereocenters. The summed E-state index contributed by atoms with van der Waals surface area (Å²) >= 11 is 0. The summed E-state index contributed by atoms with van der Waals surface area (Å²) < 4.78 is 0. The maximum absolute atomic E-state index is 11.4. The van der Waals surface area contributed by atoms with Gasteiger partial charge in [-0.2, -0.15) is 0 Å². The van der Waals surface area contributed by atoms with Crippen molar-refractivity contribution in [1.82, 2.24) is 10.6 Å². The van der Waals surface area contributed by atoms with Gasteiger partial charge in [-0.15, -0.1) is 0 Å². The molecule has 17 heavy (non-hydrogen) atoms. The Morgan fingerprint density at radius 3 is 2.24 bits per heavy atom.